The number of carbonyl (C=O) groups is 1. The van der Waals surface area contributed by atoms with Gasteiger partial charge < -0.3 is 5.32 Å². The zero-order valence-electron chi connectivity index (χ0n) is 10.8. The van der Waals surface area contributed by atoms with Crippen molar-refractivity contribution in [2.75, 3.05) is 5.32 Å². The maximum absolute atomic E-state index is 11.9. The summed E-state index contributed by atoms with van der Waals surface area (Å²) in [7, 11) is 0. The molecule has 1 amide bonds. The van der Waals surface area contributed by atoms with Gasteiger partial charge in [0.1, 0.15) is 17.5 Å². The van der Waals surface area contributed by atoms with Crippen LogP contribution in [0.4, 0.5) is 5.82 Å². The van der Waals surface area contributed by atoms with Crippen LogP contribution in [0.15, 0.2) is 24.4 Å². The van der Waals surface area contributed by atoms with E-state index in [1.54, 1.807) is 0 Å². The molecule has 1 heterocycles. The highest BCUT2D eigenvalue weighted by Gasteiger charge is 2.09. The van der Waals surface area contributed by atoms with Crippen LogP contribution in [0.3, 0.4) is 0 Å². The van der Waals surface area contributed by atoms with E-state index in [1.807, 2.05) is 38.1 Å². The van der Waals surface area contributed by atoms with Crippen LogP contribution in [0.5, 0.6) is 0 Å². The number of carbonyl (C=O) groups excluding carboxylic acids is 1. The molecule has 5 nitrogen and oxygen atoms in total. The first-order valence-corrected chi connectivity index (χ1v) is 5.89. The number of aryl methyl sites for hydroxylation is 2. The molecule has 0 atom stereocenters. The summed E-state index contributed by atoms with van der Waals surface area (Å²) >= 11 is 0. The molecule has 0 aliphatic carbocycles. The Labute approximate surface area is 111 Å². The van der Waals surface area contributed by atoms with Crippen molar-refractivity contribution in [2.45, 2.75) is 20.3 Å². The van der Waals surface area contributed by atoms with Crippen molar-refractivity contribution in [3.05, 3.63) is 46.6 Å². The van der Waals surface area contributed by atoms with Gasteiger partial charge in [-0.05, 0) is 30.5 Å². The van der Waals surface area contributed by atoms with Gasteiger partial charge in [-0.15, -0.1) is 0 Å². The van der Waals surface area contributed by atoms with Gasteiger partial charge >= 0.3 is 0 Å². The fourth-order valence-corrected chi connectivity index (χ4v) is 1.75. The molecule has 19 heavy (non-hydrogen) atoms. The minimum Gasteiger partial charge on any atom is -0.310 e. The van der Waals surface area contributed by atoms with E-state index in [-0.39, 0.29) is 12.3 Å². The third kappa shape index (κ3) is 2.99. The van der Waals surface area contributed by atoms with Crippen molar-refractivity contribution in [2.24, 2.45) is 0 Å². The molecule has 0 aliphatic rings. The molecule has 0 unspecified atom stereocenters. The zero-order valence-corrected chi connectivity index (χ0v) is 10.8. The van der Waals surface area contributed by atoms with Crippen molar-refractivity contribution in [3.8, 4) is 6.07 Å². The number of aromatic nitrogens is 2. The highest BCUT2D eigenvalue weighted by atomic mass is 16.1. The molecule has 2 aromatic rings. The molecular weight excluding hydrogens is 240 g/mol. The van der Waals surface area contributed by atoms with Crippen molar-refractivity contribution < 1.29 is 4.79 Å². The smallest absolute Gasteiger partial charge is 0.229 e. The lowest BCUT2D eigenvalue weighted by Crippen LogP contribution is -2.15. The van der Waals surface area contributed by atoms with E-state index in [9.17, 15) is 4.79 Å². The molecule has 0 spiro atoms. The quantitative estimate of drug-likeness (QED) is 0.879. The summed E-state index contributed by atoms with van der Waals surface area (Å²) in [5.74, 6) is 0.167. The van der Waals surface area contributed by atoms with E-state index in [0.717, 1.165) is 11.1 Å². The molecule has 2 N–H and O–H groups in total. The predicted molar refractivity (Wildman–Crippen MR) is 71.6 cm³/mol. The Balaban J connectivity index is 2.06. The van der Waals surface area contributed by atoms with Crippen molar-refractivity contribution in [1.29, 1.82) is 5.26 Å². The van der Waals surface area contributed by atoms with Gasteiger partial charge in [0.05, 0.1) is 12.6 Å². The van der Waals surface area contributed by atoms with E-state index in [4.69, 9.17) is 5.26 Å². The first-order chi connectivity index (χ1) is 9.10. The van der Waals surface area contributed by atoms with Crippen molar-refractivity contribution in [1.82, 2.24) is 10.2 Å². The summed E-state index contributed by atoms with van der Waals surface area (Å²) in [5.41, 5.74) is 3.63. The van der Waals surface area contributed by atoms with Gasteiger partial charge in [-0.1, -0.05) is 18.2 Å². The van der Waals surface area contributed by atoms with E-state index >= 15 is 0 Å². The number of rotatable bonds is 3. The molecule has 96 valence electrons. The summed E-state index contributed by atoms with van der Waals surface area (Å²) in [5, 5.41) is 17.8. The molecule has 5 heteroatoms. The summed E-state index contributed by atoms with van der Waals surface area (Å²) in [6.45, 7) is 4.04. The lowest BCUT2D eigenvalue weighted by Gasteiger charge is -2.06. The summed E-state index contributed by atoms with van der Waals surface area (Å²) in [6.07, 6.45) is 1.65. The number of H-pyrrole nitrogens is 1. The average Bonchev–Trinajstić information content (AvgIpc) is 2.81. The van der Waals surface area contributed by atoms with Crippen LogP contribution in [0.2, 0.25) is 0 Å². The van der Waals surface area contributed by atoms with E-state index < -0.39 is 0 Å². The molecule has 1 aromatic heterocycles. The number of nitrogens with zero attached hydrogens (tertiary/aromatic N) is 2. The monoisotopic (exact) mass is 254 g/mol. The van der Waals surface area contributed by atoms with Gasteiger partial charge in [0.15, 0.2) is 0 Å². The lowest BCUT2D eigenvalue weighted by molar-refractivity contribution is -0.115. The summed E-state index contributed by atoms with van der Waals surface area (Å²) in [4.78, 5) is 11.9. The number of hydrogen-bond acceptors (Lipinski definition) is 3. The van der Waals surface area contributed by atoms with Gasteiger partial charge in [-0.2, -0.15) is 10.4 Å². The minimum absolute atomic E-state index is 0.177. The first kappa shape index (κ1) is 12.8. The number of benzene rings is 1. The van der Waals surface area contributed by atoms with E-state index in [0.29, 0.717) is 11.4 Å². The predicted octanol–water partition coefficient (Wildman–Crippen LogP) is 2.08. The standard InChI is InChI=1S/C14H14N4O/c1-9-3-4-11(5-10(9)2)6-13(19)17-14-12(7-15)8-16-18-14/h3-5,8H,6H2,1-2H3,(H2,16,17,18,19). The average molecular weight is 254 g/mol. The Morgan fingerprint density at radius 2 is 2.21 bits per heavy atom. The third-order valence-electron chi connectivity index (χ3n) is 2.96. The molecule has 0 radical (unpaired) electrons. The normalized spacial score (nSPS) is 9.95. The SMILES string of the molecule is Cc1ccc(CC(=O)Nc2[nH]ncc2C#N)cc1C. The number of amides is 1. The van der Waals surface area contributed by atoms with E-state index in [2.05, 4.69) is 15.5 Å². The second-order valence-corrected chi connectivity index (χ2v) is 4.41. The zero-order chi connectivity index (χ0) is 13.8. The second-order valence-electron chi connectivity index (χ2n) is 4.41. The Bertz CT molecular complexity index is 652. The Kier molecular flexibility index (Phi) is 3.62. The van der Waals surface area contributed by atoms with Crippen molar-refractivity contribution in [3.63, 3.8) is 0 Å². The highest BCUT2D eigenvalue weighted by Crippen LogP contribution is 2.12. The third-order valence-corrected chi connectivity index (χ3v) is 2.96. The second kappa shape index (κ2) is 5.36. The number of hydrogen-bond donors (Lipinski definition) is 2. The molecular formula is C14H14N4O. The molecule has 0 saturated carbocycles. The Hall–Kier alpha value is -2.61. The molecule has 2 rings (SSSR count). The van der Waals surface area contributed by atoms with Gasteiger partial charge in [0, 0.05) is 0 Å². The maximum Gasteiger partial charge on any atom is 0.229 e. The Morgan fingerprint density at radius 3 is 2.89 bits per heavy atom. The Morgan fingerprint density at radius 1 is 1.42 bits per heavy atom. The van der Waals surface area contributed by atoms with Crippen LogP contribution >= 0.6 is 0 Å². The number of anilines is 1. The summed E-state index contributed by atoms with van der Waals surface area (Å²) in [6, 6.07) is 7.87. The van der Waals surface area contributed by atoms with Crippen LogP contribution in [-0.4, -0.2) is 16.1 Å². The largest absolute Gasteiger partial charge is 0.310 e. The van der Waals surface area contributed by atoms with Crippen molar-refractivity contribution >= 4 is 11.7 Å². The van der Waals surface area contributed by atoms with Crippen LogP contribution in [-0.2, 0) is 11.2 Å². The maximum atomic E-state index is 11.9. The number of nitrogens with one attached hydrogen (secondary N) is 2. The molecule has 0 fully saturated rings. The van der Waals surface area contributed by atoms with Crippen LogP contribution in [0, 0.1) is 25.2 Å². The fraction of sp³-hybridized carbons (Fsp3) is 0.214. The molecule has 0 bridgehead atoms. The molecule has 0 saturated heterocycles. The topological polar surface area (TPSA) is 81.6 Å². The minimum atomic E-state index is -0.177. The van der Waals surface area contributed by atoms with Crippen LogP contribution in [0.1, 0.15) is 22.3 Å². The van der Waals surface area contributed by atoms with Crippen LogP contribution < -0.4 is 5.32 Å². The van der Waals surface area contributed by atoms with Gasteiger partial charge in [0.2, 0.25) is 5.91 Å². The molecule has 1 aromatic carbocycles. The fourth-order valence-electron chi connectivity index (χ4n) is 1.75. The number of nitriles is 1. The molecule has 0 aliphatic heterocycles. The van der Waals surface area contributed by atoms with Gasteiger partial charge in [-0.3, -0.25) is 9.89 Å². The van der Waals surface area contributed by atoms with Gasteiger partial charge in [-0.25, -0.2) is 0 Å². The van der Waals surface area contributed by atoms with Gasteiger partial charge in [0.25, 0.3) is 0 Å². The summed E-state index contributed by atoms with van der Waals surface area (Å²) < 4.78 is 0. The highest BCUT2D eigenvalue weighted by molar-refractivity contribution is 5.92. The van der Waals surface area contributed by atoms with Crippen LogP contribution in [0.25, 0.3) is 0 Å². The van der Waals surface area contributed by atoms with E-state index in [1.165, 1.54) is 11.8 Å². The lowest BCUT2D eigenvalue weighted by atomic mass is 10.0. The first-order valence-electron chi connectivity index (χ1n) is 5.89. The number of aromatic amines is 1.